The summed E-state index contributed by atoms with van der Waals surface area (Å²) in [5, 5.41) is 0. The van der Waals surface area contributed by atoms with Gasteiger partial charge >= 0.3 is 0 Å². The number of allylic oxidation sites excluding steroid dienone is 4. The summed E-state index contributed by atoms with van der Waals surface area (Å²) >= 11 is 0. The van der Waals surface area contributed by atoms with Crippen LogP contribution < -0.4 is 0 Å². The zero-order valence-electron chi connectivity index (χ0n) is 6.17. The smallest absolute Gasteiger partial charge is 0.0197 e. The van der Waals surface area contributed by atoms with Crippen LogP contribution >= 0.6 is 9.24 Å². The summed E-state index contributed by atoms with van der Waals surface area (Å²) in [6.07, 6.45) is 9.50. The first-order valence-corrected chi connectivity index (χ1v) is 4.12. The Kier molecular flexibility index (Phi) is 5.98. The first kappa shape index (κ1) is 8.91. The molecule has 1 heteroatoms. The molecular formula is C8H15P. The molecule has 0 bridgehead atoms. The van der Waals surface area contributed by atoms with Crippen LogP contribution in [0.1, 0.15) is 13.8 Å². The van der Waals surface area contributed by atoms with Gasteiger partial charge in [0, 0.05) is 0 Å². The molecule has 52 valence electrons. The molecule has 0 aromatic heterocycles. The summed E-state index contributed by atoms with van der Waals surface area (Å²) in [5.74, 6) is 0.666. The highest BCUT2D eigenvalue weighted by Gasteiger charge is 1.78. The van der Waals surface area contributed by atoms with Crippen molar-refractivity contribution >= 4 is 9.24 Å². The lowest BCUT2D eigenvalue weighted by molar-refractivity contribution is 0.832. The van der Waals surface area contributed by atoms with Crippen LogP contribution in [-0.2, 0) is 0 Å². The molecule has 0 saturated heterocycles. The van der Waals surface area contributed by atoms with Crippen LogP contribution in [0.25, 0.3) is 0 Å². The van der Waals surface area contributed by atoms with Gasteiger partial charge in [0.1, 0.15) is 0 Å². The van der Waals surface area contributed by atoms with Crippen LogP contribution in [0.15, 0.2) is 24.3 Å². The van der Waals surface area contributed by atoms with Crippen molar-refractivity contribution in [2.45, 2.75) is 13.8 Å². The Balaban J connectivity index is 3.35. The van der Waals surface area contributed by atoms with E-state index in [1.807, 2.05) is 0 Å². The van der Waals surface area contributed by atoms with E-state index in [2.05, 4.69) is 47.4 Å². The highest BCUT2D eigenvalue weighted by molar-refractivity contribution is 7.16. The molecule has 9 heavy (non-hydrogen) atoms. The van der Waals surface area contributed by atoms with Crippen LogP contribution in [0.5, 0.6) is 0 Å². The molecule has 0 heterocycles. The Morgan fingerprint density at radius 2 is 2.00 bits per heavy atom. The fraction of sp³-hybridized carbons (Fsp3) is 0.500. The van der Waals surface area contributed by atoms with E-state index in [4.69, 9.17) is 0 Å². The fourth-order valence-electron chi connectivity index (χ4n) is 0.444. The van der Waals surface area contributed by atoms with Gasteiger partial charge in [-0.15, -0.1) is 9.24 Å². The van der Waals surface area contributed by atoms with Crippen LogP contribution in [0, 0.1) is 5.92 Å². The largest absolute Gasteiger partial charge is 0.134 e. The molecule has 0 rings (SSSR count). The van der Waals surface area contributed by atoms with Gasteiger partial charge < -0.3 is 0 Å². The average molecular weight is 142 g/mol. The van der Waals surface area contributed by atoms with E-state index in [9.17, 15) is 0 Å². The Hall–Kier alpha value is -0.0900. The second-order valence-electron chi connectivity index (χ2n) is 2.29. The lowest BCUT2D eigenvalue weighted by Gasteiger charge is -1.88. The van der Waals surface area contributed by atoms with Crippen LogP contribution in [0.3, 0.4) is 0 Å². The van der Waals surface area contributed by atoms with Gasteiger partial charge in [-0.05, 0) is 12.1 Å². The molecular weight excluding hydrogens is 127 g/mol. The average Bonchev–Trinajstić information content (AvgIpc) is 1.80. The maximum atomic E-state index is 2.65. The zero-order chi connectivity index (χ0) is 7.11. The Morgan fingerprint density at radius 3 is 2.44 bits per heavy atom. The van der Waals surface area contributed by atoms with E-state index in [-0.39, 0.29) is 0 Å². The molecule has 0 radical (unpaired) electrons. The summed E-state index contributed by atoms with van der Waals surface area (Å²) in [6, 6.07) is 0. The van der Waals surface area contributed by atoms with Gasteiger partial charge in [-0.1, -0.05) is 38.2 Å². The summed E-state index contributed by atoms with van der Waals surface area (Å²) in [6.45, 7) is 4.34. The molecule has 0 N–H and O–H groups in total. The molecule has 0 aliphatic rings. The van der Waals surface area contributed by atoms with Gasteiger partial charge in [-0.2, -0.15) is 0 Å². The lowest BCUT2D eigenvalue weighted by Crippen LogP contribution is -1.74. The van der Waals surface area contributed by atoms with Gasteiger partial charge in [0.05, 0.1) is 0 Å². The Morgan fingerprint density at radius 1 is 1.33 bits per heavy atom. The molecule has 0 aromatic rings. The summed E-state index contributed by atoms with van der Waals surface area (Å²) < 4.78 is 0. The molecule has 0 spiro atoms. The third kappa shape index (κ3) is 7.91. The Bertz CT molecular complexity index is 101. The summed E-state index contributed by atoms with van der Waals surface area (Å²) in [5.41, 5.74) is 0. The van der Waals surface area contributed by atoms with E-state index in [0.29, 0.717) is 5.92 Å². The van der Waals surface area contributed by atoms with Crippen LogP contribution in [0.4, 0.5) is 0 Å². The number of hydrogen-bond donors (Lipinski definition) is 0. The quantitative estimate of drug-likeness (QED) is 0.419. The SMILES string of the molecule is CC(C)/C=C\C=C/CP. The highest BCUT2D eigenvalue weighted by Crippen LogP contribution is 1.93. The molecule has 0 fully saturated rings. The van der Waals surface area contributed by atoms with Crippen LogP contribution in [-0.4, -0.2) is 6.16 Å². The van der Waals surface area contributed by atoms with E-state index in [1.165, 1.54) is 0 Å². The molecule has 0 aliphatic carbocycles. The minimum atomic E-state index is 0.666. The molecule has 0 nitrogen and oxygen atoms in total. The first-order chi connectivity index (χ1) is 4.27. The standard InChI is InChI=1S/C8H15P/c1-8(2)6-4-3-5-7-9/h3-6,8H,7,9H2,1-2H3/b5-3-,6-4-. The molecule has 0 aliphatic heterocycles. The van der Waals surface area contributed by atoms with Crippen molar-refractivity contribution in [3.05, 3.63) is 24.3 Å². The van der Waals surface area contributed by atoms with Gasteiger partial charge in [-0.25, -0.2) is 0 Å². The summed E-state index contributed by atoms with van der Waals surface area (Å²) in [4.78, 5) is 0. The number of hydrogen-bond acceptors (Lipinski definition) is 0. The van der Waals surface area contributed by atoms with E-state index < -0.39 is 0 Å². The van der Waals surface area contributed by atoms with Gasteiger partial charge in [0.25, 0.3) is 0 Å². The van der Waals surface area contributed by atoms with Crippen LogP contribution in [0.2, 0.25) is 0 Å². The van der Waals surface area contributed by atoms with E-state index >= 15 is 0 Å². The van der Waals surface area contributed by atoms with Gasteiger partial charge in [0.15, 0.2) is 0 Å². The van der Waals surface area contributed by atoms with E-state index in [1.54, 1.807) is 0 Å². The van der Waals surface area contributed by atoms with Gasteiger partial charge in [-0.3, -0.25) is 0 Å². The highest BCUT2D eigenvalue weighted by atomic mass is 31.0. The third-order valence-electron chi connectivity index (χ3n) is 0.879. The lowest BCUT2D eigenvalue weighted by atomic mass is 10.2. The van der Waals surface area contributed by atoms with Crippen molar-refractivity contribution in [2.24, 2.45) is 5.92 Å². The third-order valence-corrected chi connectivity index (χ3v) is 1.15. The van der Waals surface area contributed by atoms with Crippen molar-refractivity contribution < 1.29 is 0 Å². The van der Waals surface area contributed by atoms with Crippen molar-refractivity contribution in [2.75, 3.05) is 6.16 Å². The van der Waals surface area contributed by atoms with Crippen molar-refractivity contribution in [1.82, 2.24) is 0 Å². The Labute approximate surface area is 60.2 Å². The second kappa shape index (κ2) is 6.04. The predicted octanol–water partition coefficient (Wildman–Crippen LogP) is 2.63. The van der Waals surface area contributed by atoms with E-state index in [0.717, 1.165) is 6.16 Å². The molecule has 1 unspecified atom stereocenters. The molecule has 1 atom stereocenters. The maximum absolute atomic E-state index is 2.65. The maximum Gasteiger partial charge on any atom is -0.0197 e. The van der Waals surface area contributed by atoms with Crippen molar-refractivity contribution in [3.8, 4) is 0 Å². The molecule has 0 aromatic carbocycles. The summed E-state index contributed by atoms with van der Waals surface area (Å²) in [7, 11) is 2.65. The first-order valence-electron chi connectivity index (χ1n) is 3.30. The second-order valence-corrected chi connectivity index (χ2v) is 2.76. The monoisotopic (exact) mass is 142 g/mol. The van der Waals surface area contributed by atoms with Gasteiger partial charge in [0.2, 0.25) is 0 Å². The minimum absolute atomic E-state index is 0.666. The molecule has 0 saturated carbocycles. The van der Waals surface area contributed by atoms with Crippen molar-refractivity contribution in [1.29, 1.82) is 0 Å². The van der Waals surface area contributed by atoms with Crippen molar-refractivity contribution in [3.63, 3.8) is 0 Å². The fourth-order valence-corrected chi connectivity index (χ4v) is 0.601. The predicted molar refractivity (Wildman–Crippen MR) is 47.7 cm³/mol. The minimum Gasteiger partial charge on any atom is -0.134 e. The number of rotatable bonds is 3. The normalized spacial score (nSPS) is 12.4. The molecule has 0 amide bonds. The topological polar surface area (TPSA) is 0 Å². The zero-order valence-corrected chi connectivity index (χ0v) is 7.33.